The summed E-state index contributed by atoms with van der Waals surface area (Å²) in [6.45, 7) is 0.627. The fourth-order valence-corrected chi connectivity index (χ4v) is 3.32. The fraction of sp³-hybridized carbons (Fsp3) is 0.643. The summed E-state index contributed by atoms with van der Waals surface area (Å²) in [5, 5.41) is 11.6. The highest BCUT2D eigenvalue weighted by atomic mass is 79.9. The highest BCUT2D eigenvalue weighted by Crippen LogP contribution is 2.25. The minimum atomic E-state index is -0.466. The summed E-state index contributed by atoms with van der Waals surface area (Å²) >= 11 is 3.40. The second kappa shape index (κ2) is 7.06. The van der Waals surface area contributed by atoms with Gasteiger partial charge in [-0.2, -0.15) is 0 Å². The van der Waals surface area contributed by atoms with Gasteiger partial charge in [0.1, 0.15) is 5.69 Å². The van der Waals surface area contributed by atoms with Crippen molar-refractivity contribution in [3.8, 4) is 0 Å². The predicted molar refractivity (Wildman–Crippen MR) is 83.8 cm³/mol. The van der Waals surface area contributed by atoms with Crippen molar-refractivity contribution < 1.29 is 9.72 Å². The van der Waals surface area contributed by atoms with E-state index in [1.807, 2.05) is 4.90 Å². The van der Waals surface area contributed by atoms with E-state index >= 15 is 0 Å². The van der Waals surface area contributed by atoms with E-state index in [-0.39, 0.29) is 17.6 Å². The van der Waals surface area contributed by atoms with E-state index in [0.717, 1.165) is 25.7 Å². The molecule has 1 amide bonds. The molecule has 116 valence electrons. The van der Waals surface area contributed by atoms with Crippen molar-refractivity contribution in [3.05, 3.63) is 28.1 Å². The van der Waals surface area contributed by atoms with Gasteiger partial charge < -0.3 is 9.47 Å². The monoisotopic (exact) mass is 357 g/mol. The Kier molecular flexibility index (Phi) is 5.39. The largest absolute Gasteiger partial charge is 0.340 e. The lowest BCUT2D eigenvalue weighted by atomic mass is 9.94. The van der Waals surface area contributed by atoms with Gasteiger partial charge in [0, 0.05) is 31.0 Å². The standard InChI is InChI=1S/C14H20BrN3O3/c1-16-10-12(18(20)21)9-13(16)14(19)17(8-7-15)11-5-3-2-4-6-11/h9-11H,2-8H2,1H3. The number of hydrogen-bond donors (Lipinski definition) is 0. The maximum Gasteiger partial charge on any atom is 0.287 e. The van der Waals surface area contributed by atoms with Crippen molar-refractivity contribution in [3.63, 3.8) is 0 Å². The first kappa shape index (κ1) is 16.0. The van der Waals surface area contributed by atoms with Crippen molar-refractivity contribution in [2.24, 2.45) is 7.05 Å². The van der Waals surface area contributed by atoms with E-state index in [1.54, 1.807) is 11.6 Å². The summed E-state index contributed by atoms with van der Waals surface area (Å²) in [6, 6.07) is 1.62. The van der Waals surface area contributed by atoms with Crippen LogP contribution in [0, 0.1) is 10.1 Å². The lowest BCUT2D eigenvalue weighted by Gasteiger charge is -2.34. The van der Waals surface area contributed by atoms with Crippen LogP contribution in [0.3, 0.4) is 0 Å². The highest BCUT2D eigenvalue weighted by Gasteiger charge is 2.28. The number of nitrogens with zero attached hydrogens (tertiary/aromatic N) is 3. The number of carbonyl (C=O) groups is 1. The van der Waals surface area contributed by atoms with Gasteiger partial charge >= 0.3 is 0 Å². The molecule has 1 fully saturated rings. The zero-order valence-corrected chi connectivity index (χ0v) is 13.7. The molecule has 0 unspecified atom stereocenters. The first-order valence-electron chi connectivity index (χ1n) is 7.22. The number of aromatic nitrogens is 1. The quantitative estimate of drug-likeness (QED) is 0.461. The minimum absolute atomic E-state index is 0.0386. The van der Waals surface area contributed by atoms with Crippen molar-refractivity contribution >= 4 is 27.5 Å². The maximum absolute atomic E-state index is 12.8. The molecule has 0 aromatic carbocycles. The molecule has 2 rings (SSSR count). The van der Waals surface area contributed by atoms with Crippen LogP contribution in [0.15, 0.2) is 12.3 Å². The van der Waals surface area contributed by atoms with Crippen LogP contribution in [-0.4, -0.2) is 38.2 Å². The van der Waals surface area contributed by atoms with Crippen LogP contribution in [0.1, 0.15) is 42.6 Å². The number of nitro groups is 1. The molecule has 0 atom stereocenters. The van der Waals surface area contributed by atoms with Crippen LogP contribution in [0.2, 0.25) is 0 Å². The molecule has 1 aromatic heterocycles. The molecule has 1 aliphatic carbocycles. The normalized spacial score (nSPS) is 15.9. The number of amides is 1. The van der Waals surface area contributed by atoms with E-state index in [4.69, 9.17) is 0 Å². The van der Waals surface area contributed by atoms with Crippen LogP contribution in [0.5, 0.6) is 0 Å². The molecule has 0 aliphatic heterocycles. The summed E-state index contributed by atoms with van der Waals surface area (Å²) in [5.41, 5.74) is 0.344. The van der Waals surface area contributed by atoms with E-state index in [9.17, 15) is 14.9 Å². The lowest BCUT2D eigenvalue weighted by molar-refractivity contribution is -0.384. The van der Waals surface area contributed by atoms with Crippen LogP contribution < -0.4 is 0 Å². The average Bonchev–Trinajstić information content (AvgIpc) is 2.87. The molecule has 1 aromatic rings. The third-order valence-corrected chi connectivity index (χ3v) is 4.38. The van der Waals surface area contributed by atoms with Crippen molar-refractivity contribution in [2.45, 2.75) is 38.1 Å². The summed E-state index contributed by atoms with van der Waals surface area (Å²) in [6.07, 6.45) is 6.94. The van der Waals surface area contributed by atoms with Crippen molar-refractivity contribution in [1.29, 1.82) is 0 Å². The second-order valence-corrected chi connectivity index (χ2v) is 6.22. The fourth-order valence-electron chi connectivity index (χ4n) is 2.94. The maximum atomic E-state index is 12.8. The van der Waals surface area contributed by atoms with Gasteiger partial charge in [0.2, 0.25) is 0 Å². The summed E-state index contributed by atoms with van der Waals surface area (Å²) in [4.78, 5) is 25.0. The summed E-state index contributed by atoms with van der Waals surface area (Å²) in [7, 11) is 1.67. The number of carbonyl (C=O) groups excluding carboxylic acids is 1. The average molecular weight is 358 g/mol. The summed E-state index contributed by atoms with van der Waals surface area (Å²) in [5.74, 6) is -0.114. The molecule has 0 saturated heterocycles. The van der Waals surface area contributed by atoms with Crippen LogP contribution in [0.4, 0.5) is 5.69 Å². The van der Waals surface area contributed by atoms with Crippen LogP contribution >= 0.6 is 15.9 Å². The van der Waals surface area contributed by atoms with Crippen molar-refractivity contribution in [2.75, 3.05) is 11.9 Å². The highest BCUT2D eigenvalue weighted by molar-refractivity contribution is 9.09. The molecule has 0 N–H and O–H groups in total. The van der Waals surface area contributed by atoms with Crippen molar-refractivity contribution in [1.82, 2.24) is 9.47 Å². The molecule has 0 spiro atoms. The van der Waals surface area contributed by atoms with Gasteiger partial charge in [-0.15, -0.1) is 0 Å². The topological polar surface area (TPSA) is 68.4 Å². The number of rotatable bonds is 5. The molecular formula is C14H20BrN3O3. The first-order chi connectivity index (χ1) is 10.0. The SMILES string of the molecule is Cn1cc([N+](=O)[O-])cc1C(=O)N(CCBr)C1CCCCC1. The number of alkyl halides is 1. The Hall–Kier alpha value is -1.37. The Morgan fingerprint density at radius 3 is 2.67 bits per heavy atom. The van der Waals surface area contributed by atoms with E-state index in [2.05, 4.69) is 15.9 Å². The molecule has 7 heteroatoms. The molecule has 1 saturated carbocycles. The third-order valence-electron chi connectivity index (χ3n) is 4.02. The third kappa shape index (κ3) is 3.64. The predicted octanol–water partition coefficient (Wildman–Crippen LogP) is 3.10. The number of aryl methyl sites for hydroxylation is 1. The Morgan fingerprint density at radius 2 is 2.14 bits per heavy atom. The molecule has 21 heavy (non-hydrogen) atoms. The van der Waals surface area contributed by atoms with Gasteiger partial charge in [0.25, 0.3) is 11.6 Å². The minimum Gasteiger partial charge on any atom is -0.340 e. The number of halogens is 1. The molecule has 1 aliphatic rings. The lowest BCUT2D eigenvalue weighted by Crippen LogP contribution is -2.43. The van der Waals surface area contributed by atoms with E-state index < -0.39 is 4.92 Å². The smallest absolute Gasteiger partial charge is 0.287 e. The van der Waals surface area contributed by atoms with Gasteiger partial charge in [-0.1, -0.05) is 35.2 Å². The Balaban J connectivity index is 2.23. The van der Waals surface area contributed by atoms with E-state index in [1.165, 1.54) is 18.7 Å². The van der Waals surface area contributed by atoms with Gasteiger partial charge in [0.15, 0.2) is 0 Å². The summed E-state index contributed by atoms with van der Waals surface area (Å²) < 4.78 is 1.55. The molecule has 0 radical (unpaired) electrons. The van der Waals surface area contributed by atoms with Gasteiger partial charge in [-0.3, -0.25) is 14.9 Å². The van der Waals surface area contributed by atoms with Crippen LogP contribution in [0.25, 0.3) is 0 Å². The number of hydrogen-bond acceptors (Lipinski definition) is 3. The van der Waals surface area contributed by atoms with Crippen LogP contribution in [-0.2, 0) is 7.05 Å². The Bertz CT molecular complexity index is 524. The Labute approximate surface area is 132 Å². The first-order valence-corrected chi connectivity index (χ1v) is 8.34. The molecule has 1 heterocycles. The van der Waals surface area contributed by atoms with Gasteiger partial charge in [0.05, 0.1) is 11.1 Å². The Morgan fingerprint density at radius 1 is 1.48 bits per heavy atom. The molecule has 0 bridgehead atoms. The van der Waals surface area contributed by atoms with Gasteiger partial charge in [-0.05, 0) is 12.8 Å². The van der Waals surface area contributed by atoms with Gasteiger partial charge in [-0.25, -0.2) is 0 Å². The molecular weight excluding hydrogens is 338 g/mol. The van der Waals surface area contributed by atoms with E-state index in [0.29, 0.717) is 17.6 Å². The zero-order valence-electron chi connectivity index (χ0n) is 12.1. The second-order valence-electron chi connectivity index (χ2n) is 5.43. The zero-order chi connectivity index (χ0) is 15.4. The molecule has 6 nitrogen and oxygen atoms in total.